The van der Waals surface area contributed by atoms with E-state index in [-0.39, 0.29) is 11.2 Å². The molecule has 0 spiro atoms. The Bertz CT molecular complexity index is 463. The Morgan fingerprint density at radius 2 is 1.86 bits per heavy atom. The van der Waals surface area contributed by atoms with E-state index in [2.05, 4.69) is 0 Å². The lowest BCUT2D eigenvalue weighted by Gasteiger charge is -2.19. The van der Waals surface area contributed by atoms with Gasteiger partial charge in [-0.15, -0.1) is 0 Å². The van der Waals surface area contributed by atoms with Crippen LogP contribution in [0.2, 0.25) is 0 Å². The molecule has 0 saturated heterocycles. The van der Waals surface area contributed by atoms with Gasteiger partial charge in [0.15, 0.2) is 0 Å². The molecule has 0 fully saturated rings. The zero-order valence-electron chi connectivity index (χ0n) is 8.60. The van der Waals surface area contributed by atoms with E-state index in [0.717, 1.165) is 5.39 Å². The first-order valence-corrected chi connectivity index (χ1v) is 4.66. The fraction of sp³-hybridized carbons (Fsp3) is 0.333. The third-order valence-electron chi connectivity index (χ3n) is 2.32. The number of fused-ring (bicyclic) bond motifs is 1. The highest BCUT2D eigenvalue weighted by atomic mass is 19.1. The molecule has 1 nitrogen and oxygen atoms in total. The lowest BCUT2D eigenvalue weighted by molar-refractivity contribution is 0.509. The number of furan rings is 1. The van der Waals surface area contributed by atoms with E-state index >= 15 is 0 Å². The van der Waals surface area contributed by atoms with Crippen LogP contribution in [0.25, 0.3) is 11.0 Å². The summed E-state index contributed by atoms with van der Waals surface area (Å²) in [5, 5.41) is 0.955. The van der Waals surface area contributed by atoms with Crippen molar-refractivity contribution in [2.75, 3.05) is 0 Å². The number of hydrogen-bond donors (Lipinski definition) is 0. The predicted octanol–water partition coefficient (Wildman–Crippen LogP) is 3.87. The standard InChI is InChI=1S/C12H13FO/c1-12(2,3)10-9(13)5-4-8-6-7-14-11(8)10/h4-7H,1-3H3. The SMILES string of the molecule is CC(C)(C)c1c(F)ccc2ccoc12. The van der Waals surface area contributed by atoms with Gasteiger partial charge in [0.2, 0.25) is 0 Å². The molecule has 1 aromatic heterocycles. The van der Waals surface area contributed by atoms with E-state index in [1.807, 2.05) is 26.8 Å². The van der Waals surface area contributed by atoms with Gasteiger partial charge >= 0.3 is 0 Å². The van der Waals surface area contributed by atoms with Crippen LogP contribution < -0.4 is 0 Å². The predicted molar refractivity (Wildman–Crippen MR) is 54.9 cm³/mol. The summed E-state index contributed by atoms with van der Waals surface area (Å²) in [4.78, 5) is 0. The molecule has 0 unspecified atom stereocenters. The summed E-state index contributed by atoms with van der Waals surface area (Å²) in [6.45, 7) is 5.94. The van der Waals surface area contributed by atoms with Gasteiger partial charge in [-0.05, 0) is 23.6 Å². The fourth-order valence-corrected chi connectivity index (χ4v) is 1.71. The maximum atomic E-state index is 13.6. The molecule has 1 aromatic carbocycles. The highest BCUT2D eigenvalue weighted by Crippen LogP contribution is 2.32. The van der Waals surface area contributed by atoms with E-state index < -0.39 is 0 Å². The summed E-state index contributed by atoms with van der Waals surface area (Å²) in [7, 11) is 0. The second-order valence-corrected chi connectivity index (χ2v) is 4.51. The number of hydrogen-bond acceptors (Lipinski definition) is 1. The van der Waals surface area contributed by atoms with E-state index in [0.29, 0.717) is 11.1 Å². The molecule has 0 aliphatic rings. The molecule has 0 bridgehead atoms. The van der Waals surface area contributed by atoms with E-state index in [1.54, 1.807) is 12.3 Å². The molecule has 0 N–H and O–H groups in total. The van der Waals surface area contributed by atoms with Crippen LogP contribution in [-0.4, -0.2) is 0 Å². The lowest BCUT2D eigenvalue weighted by atomic mass is 9.85. The minimum Gasteiger partial charge on any atom is -0.464 e. The molecule has 2 heteroatoms. The fourth-order valence-electron chi connectivity index (χ4n) is 1.71. The van der Waals surface area contributed by atoms with Gasteiger partial charge in [-0.1, -0.05) is 20.8 Å². The summed E-state index contributed by atoms with van der Waals surface area (Å²) < 4.78 is 18.9. The van der Waals surface area contributed by atoms with E-state index in [9.17, 15) is 4.39 Å². The monoisotopic (exact) mass is 192 g/mol. The molecule has 0 saturated carbocycles. The number of benzene rings is 1. The first-order valence-electron chi connectivity index (χ1n) is 4.66. The van der Waals surface area contributed by atoms with Gasteiger partial charge in [-0.25, -0.2) is 4.39 Å². The average molecular weight is 192 g/mol. The van der Waals surface area contributed by atoms with Crippen molar-refractivity contribution in [3.05, 3.63) is 35.8 Å². The first kappa shape index (κ1) is 9.25. The quantitative estimate of drug-likeness (QED) is 0.617. The van der Waals surface area contributed by atoms with Crippen molar-refractivity contribution in [1.29, 1.82) is 0 Å². The van der Waals surface area contributed by atoms with Crippen LogP contribution in [0.5, 0.6) is 0 Å². The van der Waals surface area contributed by atoms with Gasteiger partial charge in [-0.3, -0.25) is 0 Å². The summed E-state index contributed by atoms with van der Waals surface area (Å²) in [5.41, 5.74) is 1.08. The highest BCUT2D eigenvalue weighted by molar-refractivity contribution is 5.81. The molecule has 0 amide bonds. The van der Waals surface area contributed by atoms with Crippen LogP contribution in [-0.2, 0) is 5.41 Å². The van der Waals surface area contributed by atoms with Crippen molar-refractivity contribution in [2.45, 2.75) is 26.2 Å². The average Bonchev–Trinajstić information content (AvgIpc) is 2.48. The summed E-state index contributed by atoms with van der Waals surface area (Å²) in [6.07, 6.45) is 1.60. The van der Waals surface area contributed by atoms with Gasteiger partial charge in [0.05, 0.1) is 6.26 Å². The van der Waals surface area contributed by atoms with Crippen molar-refractivity contribution in [2.24, 2.45) is 0 Å². The third kappa shape index (κ3) is 1.31. The van der Waals surface area contributed by atoms with Crippen LogP contribution in [0.1, 0.15) is 26.3 Å². The Hall–Kier alpha value is -1.31. The Labute approximate surface area is 82.5 Å². The minimum atomic E-state index is -0.235. The normalized spacial score (nSPS) is 12.3. The van der Waals surface area contributed by atoms with Gasteiger partial charge in [-0.2, -0.15) is 0 Å². The molecule has 0 radical (unpaired) electrons. The second kappa shape index (κ2) is 2.84. The number of halogens is 1. The Morgan fingerprint density at radius 3 is 2.50 bits per heavy atom. The van der Waals surface area contributed by atoms with Crippen LogP contribution in [0.15, 0.2) is 28.9 Å². The van der Waals surface area contributed by atoms with Crippen LogP contribution in [0.3, 0.4) is 0 Å². The maximum absolute atomic E-state index is 13.6. The molecule has 2 aromatic rings. The van der Waals surface area contributed by atoms with Crippen molar-refractivity contribution >= 4 is 11.0 Å². The molecule has 14 heavy (non-hydrogen) atoms. The van der Waals surface area contributed by atoms with Crippen molar-refractivity contribution in [3.63, 3.8) is 0 Å². The van der Waals surface area contributed by atoms with Gasteiger partial charge < -0.3 is 4.42 Å². The Kier molecular flexibility index (Phi) is 1.88. The smallest absolute Gasteiger partial charge is 0.140 e. The van der Waals surface area contributed by atoms with Crippen molar-refractivity contribution in [3.8, 4) is 0 Å². The molecular weight excluding hydrogens is 179 g/mol. The Morgan fingerprint density at radius 1 is 1.14 bits per heavy atom. The lowest BCUT2D eigenvalue weighted by Crippen LogP contribution is -2.13. The zero-order valence-corrected chi connectivity index (χ0v) is 8.60. The van der Waals surface area contributed by atoms with Crippen LogP contribution in [0.4, 0.5) is 4.39 Å². The van der Waals surface area contributed by atoms with E-state index in [4.69, 9.17) is 4.42 Å². The summed E-state index contributed by atoms with van der Waals surface area (Å²) in [6, 6.07) is 5.09. The molecule has 1 heterocycles. The largest absolute Gasteiger partial charge is 0.464 e. The Balaban J connectivity index is 2.83. The summed E-state index contributed by atoms with van der Waals surface area (Å²) in [5.74, 6) is -0.194. The third-order valence-corrected chi connectivity index (χ3v) is 2.32. The highest BCUT2D eigenvalue weighted by Gasteiger charge is 2.23. The second-order valence-electron chi connectivity index (χ2n) is 4.51. The topological polar surface area (TPSA) is 13.1 Å². The molecule has 2 rings (SSSR count). The molecule has 0 aliphatic carbocycles. The van der Waals surface area contributed by atoms with Gasteiger partial charge in [0.1, 0.15) is 11.4 Å². The van der Waals surface area contributed by atoms with Crippen LogP contribution in [0, 0.1) is 5.82 Å². The summed E-state index contributed by atoms with van der Waals surface area (Å²) >= 11 is 0. The minimum absolute atomic E-state index is 0.194. The molecule has 0 aliphatic heterocycles. The van der Waals surface area contributed by atoms with Crippen molar-refractivity contribution < 1.29 is 8.81 Å². The van der Waals surface area contributed by atoms with E-state index in [1.165, 1.54) is 6.07 Å². The molecular formula is C12H13FO. The molecule has 0 atom stereocenters. The zero-order chi connectivity index (χ0) is 10.3. The maximum Gasteiger partial charge on any atom is 0.140 e. The van der Waals surface area contributed by atoms with Gasteiger partial charge in [0.25, 0.3) is 0 Å². The van der Waals surface area contributed by atoms with Gasteiger partial charge in [0, 0.05) is 10.9 Å². The van der Waals surface area contributed by atoms with Crippen LogP contribution >= 0.6 is 0 Å². The van der Waals surface area contributed by atoms with Crippen molar-refractivity contribution in [1.82, 2.24) is 0 Å². The number of rotatable bonds is 0. The molecule has 74 valence electrons. The first-order chi connectivity index (χ1) is 6.50.